The highest BCUT2D eigenvalue weighted by atomic mass is 16.6. The highest BCUT2D eigenvalue weighted by Crippen LogP contribution is 2.30. The van der Waals surface area contributed by atoms with Gasteiger partial charge in [0.05, 0.1) is 4.92 Å². The summed E-state index contributed by atoms with van der Waals surface area (Å²) in [7, 11) is 0. The Hall–Kier alpha value is -2.11. The van der Waals surface area contributed by atoms with E-state index in [2.05, 4.69) is 4.90 Å². The Bertz CT molecular complexity index is 515. The van der Waals surface area contributed by atoms with Crippen molar-refractivity contribution in [2.75, 3.05) is 18.0 Å². The molecule has 0 aliphatic carbocycles. The normalized spacial score (nSPS) is 18.6. The summed E-state index contributed by atoms with van der Waals surface area (Å²) in [5.41, 5.74) is 1.89. The van der Waals surface area contributed by atoms with Gasteiger partial charge in [-0.05, 0) is 30.9 Å². The molecule has 0 radical (unpaired) electrons. The number of carbonyl (C=O) groups is 1. The Balaban J connectivity index is 2.11. The second kappa shape index (κ2) is 5.26. The predicted octanol–water partition coefficient (Wildman–Crippen LogP) is 2.20. The number of carboxylic acid groups (broad SMARTS) is 1. The van der Waals surface area contributed by atoms with E-state index in [9.17, 15) is 14.9 Å². The third-order valence-electron chi connectivity index (χ3n) is 3.48. The van der Waals surface area contributed by atoms with Gasteiger partial charge < -0.3 is 10.0 Å². The van der Waals surface area contributed by atoms with Crippen LogP contribution in [-0.2, 0) is 4.79 Å². The van der Waals surface area contributed by atoms with Gasteiger partial charge in [-0.3, -0.25) is 14.9 Å². The minimum absolute atomic E-state index is 0.0857. The number of benzene rings is 1. The van der Waals surface area contributed by atoms with E-state index in [1.54, 1.807) is 12.1 Å². The number of nitro groups is 1. The maximum atomic E-state index is 10.7. The van der Waals surface area contributed by atoms with Crippen LogP contribution in [0.1, 0.15) is 18.4 Å². The number of non-ortho nitro benzene ring substituents is 1. The molecule has 1 unspecified atom stereocenters. The average molecular weight is 264 g/mol. The number of rotatable bonds is 4. The van der Waals surface area contributed by atoms with Gasteiger partial charge in [-0.15, -0.1) is 0 Å². The van der Waals surface area contributed by atoms with E-state index in [-0.39, 0.29) is 18.0 Å². The largest absolute Gasteiger partial charge is 0.481 e. The highest BCUT2D eigenvalue weighted by molar-refractivity contribution is 5.67. The standard InChI is InChI=1S/C13H16N2O4/c1-9-6-11(15(18)19)2-3-12(9)14-5-4-10(8-14)7-13(16)17/h2-3,6,10H,4-5,7-8H2,1H3,(H,16,17). The summed E-state index contributed by atoms with van der Waals surface area (Å²) in [6.45, 7) is 3.34. The molecule has 1 aromatic rings. The molecule has 2 rings (SSSR count). The number of hydrogen-bond donors (Lipinski definition) is 1. The minimum atomic E-state index is -0.771. The molecule has 1 fully saturated rings. The summed E-state index contributed by atoms with van der Waals surface area (Å²) in [5.74, 6) is -0.612. The first-order chi connectivity index (χ1) is 8.97. The van der Waals surface area contributed by atoms with E-state index < -0.39 is 10.9 Å². The van der Waals surface area contributed by atoms with Crippen LogP contribution in [0.25, 0.3) is 0 Å². The Morgan fingerprint density at radius 1 is 1.58 bits per heavy atom. The van der Waals surface area contributed by atoms with E-state index in [1.165, 1.54) is 6.07 Å². The number of carboxylic acids is 1. The van der Waals surface area contributed by atoms with E-state index in [0.29, 0.717) is 6.54 Å². The zero-order valence-corrected chi connectivity index (χ0v) is 10.7. The molecule has 0 aromatic heterocycles. The van der Waals surface area contributed by atoms with Crippen LogP contribution in [0.15, 0.2) is 18.2 Å². The van der Waals surface area contributed by atoms with E-state index >= 15 is 0 Å². The van der Waals surface area contributed by atoms with Crippen molar-refractivity contribution < 1.29 is 14.8 Å². The molecule has 6 nitrogen and oxygen atoms in total. The van der Waals surface area contributed by atoms with Crippen molar-refractivity contribution in [3.8, 4) is 0 Å². The molecule has 1 atom stereocenters. The van der Waals surface area contributed by atoms with Crippen LogP contribution in [-0.4, -0.2) is 29.1 Å². The monoisotopic (exact) mass is 264 g/mol. The third-order valence-corrected chi connectivity index (χ3v) is 3.48. The molecule has 0 spiro atoms. The van der Waals surface area contributed by atoms with Crippen molar-refractivity contribution in [3.05, 3.63) is 33.9 Å². The number of nitro benzene ring substituents is 1. The first-order valence-electron chi connectivity index (χ1n) is 6.19. The van der Waals surface area contributed by atoms with Crippen molar-refractivity contribution in [2.24, 2.45) is 5.92 Å². The van der Waals surface area contributed by atoms with Gasteiger partial charge >= 0.3 is 5.97 Å². The lowest BCUT2D eigenvalue weighted by Crippen LogP contribution is -2.21. The lowest BCUT2D eigenvalue weighted by atomic mass is 10.1. The molecule has 0 amide bonds. The van der Waals surface area contributed by atoms with E-state index in [4.69, 9.17) is 5.11 Å². The third kappa shape index (κ3) is 3.01. The summed E-state index contributed by atoms with van der Waals surface area (Å²) in [6, 6.07) is 4.79. The molecule has 1 N–H and O–H groups in total. The van der Waals surface area contributed by atoms with Gasteiger partial charge in [0.2, 0.25) is 0 Å². The second-order valence-electron chi connectivity index (χ2n) is 4.93. The fourth-order valence-electron chi connectivity index (χ4n) is 2.57. The van der Waals surface area contributed by atoms with E-state index in [0.717, 1.165) is 24.2 Å². The molecule has 1 saturated heterocycles. The first-order valence-corrected chi connectivity index (χ1v) is 6.19. The van der Waals surface area contributed by atoms with Crippen molar-refractivity contribution in [2.45, 2.75) is 19.8 Å². The van der Waals surface area contributed by atoms with Crippen LogP contribution in [0.3, 0.4) is 0 Å². The molecule has 102 valence electrons. The van der Waals surface area contributed by atoms with Crippen LogP contribution in [0, 0.1) is 23.0 Å². The first kappa shape index (κ1) is 13.3. The smallest absolute Gasteiger partial charge is 0.303 e. The fourth-order valence-corrected chi connectivity index (χ4v) is 2.57. The van der Waals surface area contributed by atoms with Crippen molar-refractivity contribution in [3.63, 3.8) is 0 Å². The number of hydrogen-bond acceptors (Lipinski definition) is 4. The second-order valence-corrected chi connectivity index (χ2v) is 4.93. The Kier molecular flexibility index (Phi) is 3.69. The van der Waals surface area contributed by atoms with Gasteiger partial charge in [0.1, 0.15) is 0 Å². The number of aryl methyl sites for hydroxylation is 1. The molecule has 6 heteroatoms. The lowest BCUT2D eigenvalue weighted by Gasteiger charge is -2.20. The van der Waals surface area contributed by atoms with Crippen LogP contribution < -0.4 is 4.90 Å². The van der Waals surface area contributed by atoms with Crippen molar-refractivity contribution in [1.29, 1.82) is 0 Å². The quantitative estimate of drug-likeness (QED) is 0.665. The molecular weight excluding hydrogens is 248 g/mol. The van der Waals surface area contributed by atoms with Crippen molar-refractivity contribution >= 4 is 17.3 Å². The topological polar surface area (TPSA) is 83.7 Å². The predicted molar refractivity (Wildman–Crippen MR) is 70.4 cm³/mol. The zero-order chi connectivity index (χ0) is 14.0. The fraction of sp³-hybridized carbons (Fsp3) is 0.462. The summed E-state index contributed by atoms with van der Waals surface area (Å²) >= 11 is 0. The molecule has 1 aromatic carbocycles. The highest BCUT2D eigenvalue weighted by Gasteiger charge is 2.25. The number of aliphatic carboxylic acids is 1. The lowest BCUT2D eigenvalue weighted by molar-refractivity contribution is -0.384. The summed E-state index contributed by atoms with van der Waals surface area (Å²) in [4.78, 5) is 23.1. The maximum absolute atomic E-state index is 10.7. The van der Waals surface area contributed by atoms with Crippen molar-refractivity contribution in [1.82, 2.24) is 0 Å². The molecule has 0 saturated carbocycles. The SMILES string of the molecule is Cc1cc([N+](=O)[O-])ccc1N1CCC(CC(=O)O)C1. The average Bonchev–Trinajstić information content (AvgIpc) is 2.76. The van der Waals surface area contributed by atoms with Crippen LogP contribution in [0.2, 0.25) is 0 Å². The Labute approximate surface area is 110 Å². The minimum Gasteiger partial charge on any atom is -0.481 e. The number of anilines is 1. The summed E-state index contributed by atoms with van der Waals surface area (Å²) in [6.07, 6.45) is 1.03. The maximum Gasteiger partial charge on any atom is 0.303 e. The molecular formula is C13H16N2O4. The molecule has 19 heavy (non-hydrogen) atoms. The van der Waals surface area contributed by atoms with Gasteiger partial charge in [-0.25, -0.2) is 0 Å². The molecule has 1 aliphatic heterocycles. The molecule has 0 bridgehead atoms. The summed E-state index contributed by atoms with van der Waals surface area (Å²) in [5, 5.41) is 19.5. The Morgan fingerprint density at radius 2 is 2.32 bits per heavy atom. The Morgan fingerprint density at radius 3 is 2.89 bits per heavy atom. The van der Waals surface area contributed by atoms with Gasteiger partial charge in [-0.2, -0.15) is 0 Å². The molecule has 1 heterocycles. The van der Waals surface area contributed by atoms with Crippen LogP contribution in [0.4, 0.5) is 11.4 Å². The van der Waals surface area contributed by atoms with E-state index in [1.807, 2.05) is 6.92 Å². The van der Waals surface area contributed by atoms with Gasteiger partial charge in [-0.1, -0.05) is 0 Å². The number of nitrogens with zero attached hydrogens (tertiary/aromatic N) is 2. The van der Waals surface area contributed by atoms with Crippen LogP contribution in [0.5, 0.6) is 0 Å². The van der Waals surface area contributed by atoms with Gasteiger partial charge in [0, 0.05) is 37.3 Å². The van der Waals surface area contributed by atoms with Gasteiger partial charge in [0.15, 0.2) is 0 Å². The zero-order valence-electron chi connectivity index (χ0n) is 10.7. The summed E-state index contributed by atoms with van der Waals surface area (Å²) < 4.78 is 0. The van der Waals surface area contributed by atoms with Gasteiger partial charge in [0.25, 0.3) is 5.69 Å². The molecule has 1 aliphatic rings. The van der Waals surface area contributed by atoms with Crippen LogP contribution >= 0.6 is 0 Å².